The maximum Gasteiger partial charge on any atom is 0.306 e. The molecule has 0 N–H and O–H groups in total. The van der Waals surface area contributed by atoms with E-state index in [4.69, 9.17) is 37.9 Å². The fourth-order valence-corrected chi connectivity index (χ4v) is 12.6. The number of hydrogen-bond donors (Lipinski definition) is 0. The fourth-order valence-electron chi connectivity index (χ4n) is 12.6. The molecule has 13 heteroatoms. The monoisotopic (exact) mass is 840 g/mol. The summed E-state index contributed by atoms with van der Waals surface area (Å²) in [6.07, 6.45) is 5.34. The lowest BCUT2D eigenvalue weighted by molar-refractivity contribution is -0.314. The molecule has 4 aliphatic heterocycles. The van der Waals surface area contributed by atoms with Crippen LogP contribution >= 0.6 is 0 Å². The van der Waals surface area contributed by atoms with Crippen LogP contribution < -0.4 is 4.90 Å². The van der Waals surface area contributed by atoms with E-state index in [9.17, 15) is 9.18 Å². The van der Waals surface area contributed by atoms with Gasteiger partial charge in [-0.2, -0.15) is 0 Å². The van der Waals surface area contributed by atoms with Crippen molar-refractivity contribution in [2.75, 3.05) is 40.3 Å². The molecule has 1 aromatic carbocycles. The predicted molar refractivity (Wildman–Crippen MR) is 222 cm³/mol. The van der Waals surface area contributed by atoms with Gasteiger partial charge in [0.15, 0.2) is 18.4 Å². The normalized spacial score (nSPS) is 44.5. The quantitative estimate of drug-likeness (QED) is 0.194. The number of nitrogens with zero attached hydrogens (tertiary/aromatic N) is 2. The summed E-state index contributed by atoms with van der Waals surface area (Å²) in [4.78, 5) is 33.7. The van der Waals surface area contributed by atoms with E-state index in [-0.39, 0.29) is 115 Å². The minimum absolute atomic E-state index is 0.00442. The number of esters is 1. The predicted octanol–water partition coefficient (Wildman–Crippen LogP) is 6.33. The van der Waals surface area contributed by atoms with Gasteiger partial charge >= 0.3 is 5.97 Å². The first kappa shape index (κ1) is 44.1. The second kappa shape index (κ2) is 18.3. The summed E-state index contributed by atoms with van der Waals surface area (Å²) in [6.45, 7) is 8.14. The highest BCUT2D eigenvalue weighted by molar-refractivity contribution is 5.99. The van der Waals surface area contributed by atoms with E-state index >= 15 is 4.79 Å². The van der Waals surface area contributed by atoms with E-state index < -0.39 is 18.3 Å². The van der Waals surface area contributed by atoms with Gasteiger partial charge < -0.3 is 47.7 Å². The second-order valence-electron chi connectivity index (χ2n) is 19.0. The average molecular weight is 841 g/mol. The van der Waals surface area contributed by atoms with E-state index in [1.807, 2.05) is 26.0 Å². The number of Topliss-reactive ketones (excluding diaryl/α,β-unsaturated/α-hetero) is 1. The highest BCUT2D eigenvalue weighted by Crippen LogP contribution is 2.65. The maximum atomic E-state index is 15.1. The Hall–Kier alpha value is -2.49. The molecular weight excluding hydrogens is 772 g/mol. The summed E-state index contributed by atoms with van der Waals surface area (Å²) in [5.74, 6) is -0.785. The van der Waals surface area contributed by atoms with Gasteiger partial charge in [-0.15, -0.1) is 0 Å². The van der Waals surface area contributed by atoms with Crippen molar-refractivity contribution >= 4 is 17.4 Å². The lowest BCUT2D eigenvalue weighted by Gasteiger charge is -2.44. The molecule has 0 amide bonds. The van der Waals surface area contributed by atoms with Gasteiger partial charge in [-0.3, -0.25) is 9.59 Å². The number of methoxy groups -OCH3 is 3. The molecule has 8 rings (SSSR count). The zero-order valence-electron chi connectivity index (χ0n) is 37.1. The van der Waals surface area contributed by atoms with Gasteiger partial charge in [-0.1, -0.05) is 19.9 Å². The van der Waals surface area contributed by atoms with Crippen molar-refractivity contribution in [3.05, 3.63) is 41.7 Å². The number of halogens is 1. The van der Waals surface area contributed by atoms with Crippen LogP contribution in [0.25, 0.3) is 0 Å². The van der Waals surface area contributed by atoms with E-state index in [2.05, 4.69) is 43.8 Å². The van der Waals surface area contributed by atoms with Crippen molar-refractivity contribution in [3.63, 3.8) is 0 Å². The van der Waals surface area contributed by atoms with Crippen molar-refractivity contribution in [2.24, 2.45) is 35.5 Å². The van der Waals surface area contributed by atoms with Crippen molar-refractivity contribution in [2.45, 2.75) is 165 Å². The number of ether oxygens (including phenoxy) is 8. The Morgan fingerprint density at radius 2 is 1.55 bits per heavy atom. The fraction of sp³-hybridized carbons (Fsp3) is 0.787. The van der Waals surface area contributed by atoms with E-state index in [0.717, 1.165) is 49.8 Å². The third kappa shape index (κ3) is 8.35. The highest BCUT2D eigenvalue weighted by Gasteiger charge is 2.69. The van der Waals surface area contributed by atoms with Crippen LogP contribution in [-0.4, -0.2) is 132 Å². The molecule has 60 heavy (non-hydrogen) atoms. The molecule has 2 saturated carbocycles. The molecular formula is C47H69FN2O10. The number of carbonyl (C=O) groups is 2. The Morgan fingerprint density at radius 1 is 0.833 bits per heavy atom. The number of likely N-dealkylation sites (N-methyl/N-ethyl adjacent to an activating group) is 1. The number of anilines is 1. The summed E-state index contributed by atoms with van der Waals surface area (Å²) in [5.41, 5.74) is 1.68. The Morgan fingerprint density at radius 3 is 2.22 bits per heavy atom. The molecule has 6 fully saturated rings. The standard InChI is InChI=1S/C47H69FN2O10/c1-10-29-12-11-13-37(60-39-19-18-36(49(5)6)25(3)56-39)24(2)43(52)35-22-32-31-20-30(59-47-46(55-9)45(54-8)44(53-7)26(4)57-47)21-34(31)41-42(40(32)33(35)23-38(51)58-29)50(41)28-16-14-27(48)15-17-28/h14-17,22,24-26,29-34,36-37,39-42,44-47H,10-13,18-21,23H2,1-9H3/t24-,25-,26+,29+,30+,31+,32+,33-,34-,36+,37+,39+,40-,41+,42-,44+,45-,46-,47+,50?/m1/s1. The summed E-state index contributed by atoms with van der Waals surface area (Å²) in [5, 5.41) is 0. The molecule has 4 heterocycles. The highest BCUT2D eigenvalue weighted by atomic mass is 19.1. The van der Waals surface area contributed by atoms with Crippen LogP contribution in [0.5, 0.6) is 0 Å². The third-order valence-corrected chi connectivity index (χ3v) is 15.5. The number of ketones is 1. The number of allylic oxidation sites excluding steroid dienone is 2. The minimum atomic E-state index is -0.659. The van der Waals surface area contributed by atoms with Crippen LogP contribution in [0, 0.1) is 41.3 Å². The SMILES string of the molecule is CC[C@H]1CCC[C@H](O[C@H]2CC[C@H](N(C)C)[C@@H](C)O2)[C@@H](C)C(=O)C2=C[C@H]3[C@@H]4C[C@H](O[C@@H]5O[C@@H](C)[C@H](OC)[C@@H](OC)[C@H]5OC)C[C@H]4[C@H]4[C@@H]([C@H]3[C@@H]2CC(=O)O1)N4c1ccc(F)cc1. The van der Waals surface area contributed by atoms with Crippen LogP contribution in [-0.2, 0) is 47.5 Å². The third-order valence-electron chi connectivity index (χ3n) is 15.5. The smallest absolute Gasteiger partial charge is 0.306 e. The topological polar surface area (TPSA) is 114 Å². The van der Waals surface area contributed by atoms with Crippen LogP contribution in [0.4, 0.5) is 10.1 Å². The van der Waals surface area contributed by atoms with Gasteiger partial charge in [-0.25, -0.2) is 4.39 Å². The van der Waals surface area contributed by atoms with E-state index in [1.54, 1.807) is 21.3 Å². The summed E-state index contributed by atoms with van der Waals surface area (Å²) in [7, 11) is 9.12. The molecule has 4 saturated heterocycles. The van der Waals surface area contributed by atoms with Crippen molar-refractivity contribution < 1.29 is 51.9 Å². The second-order valence-corrected chi connectivity index (χ2v) is 19.0. The van der Waals surface area contributed by atoms with E-state index in [1.165, 1.54) is 12.1 Å². The molecule has 0 radical (unpaired) electrons. The molecule has 0 aromatic heterocycles. The molecule has 7 aliphatic rings. The van der Waals surface area contributed by atoms with Crippen LogP contribution in [0.2, 0.25) is 0 Å². The minimum Gasteiger partial charge on any atom is -0.462 e. The van der Waals surface area contributed by atoms with Crippen molar-refractivity contribution in [1.29, 1.82) is 0 Å². The summed E-state index contributed by atoms with van der Waals surface area (Å²) >= 11 is 0. The van der Waals surface area contributed by atoms with Gasteiger partial charge in [-0.05, 0) is 133 Å². The zero-order valence-corrected chi connectivity index (χ0v) is 37.1. The molecule has 334 valence electrons. The zero-order chi connectivity index (χ0) is 42.6. The van der Waals surface area contributed by atoms with Gasteiger partial charge in [0.2, 0.25) is 0 Å². The van der Waals surface area contributed by atoms with Gasteiger partial charge in [0, 0.05) is 44.9 Å². The van der Waals surface area contributed by atoms with Gasteiger partial charge in [0.05, 0.1) is 42.9 Å². The molecule has 12 nitrogen and oxygen atoms in total. The molecule has 0 unspecified atom stereocenters. The van der Waals surface area contributed by atoms with Crippen molar-refractivity contribution in [1.82, 2.24) is 4.90 Å². The lowest BCUT2D eigenvalue weighted by Crippen LogP contribution is -2.59. The molecule has 1 aromatic rings. The average Bonchev–Trinajstić information content (AvgIpc) is 3.62. The Bertz CT molecular complexity index is 1700. The van der Waals surface area contributed by atoms with Crippen LogP contribution in [0.3, 0.4) is 0 Å². The summed E-state index contributed by atoms with van der Waals surface area (Å²) in [6, 6.07) is 7.26. The Balaban J connectivity index is 1.10. The van der Waals surface area contributed by atoms with Gasteiger partial charge in [0.25, 0.3) is 0 Å². The van der Waals surface area contributed by atoms with Crippen LogP contribution in [0.1, 0.15) is 85.5 Å². The lowest BCUT2D eigenvalue weighted by atomic mass is 9.66. The Labute approximate surface area is 356 Å². The molecule has 0 spiro atoms. The van der Waals surface area contributed by atoms with Crippen LogP contribution in [0.15, 0.2) is 35.9 Å². The first-order valence-electron chi connectivity index (χ1n) is 22.7. The molecule has 19 atom stereocenters. The number of fused-ring (bicyclic) bond motifs is 8. The van der Waals surface area contributed by atoms with E-state index in [0.29, 0.717) is 18.9 Å². The number of cyclic esters (lactones) is 1. The Kier molecular flexibility index (Phi) is 13.5. The van der Waals surface area contributed by atoms with Gasteiger partial charge in [0.1, 0.15) is 30.2 Å². The molecule has 0 bridgehead atoms. The number of carbonyl (C=O) groups excluding carboxylic acids is 2. The molecule has 3 aliphatic carbocycles. The number of rotatable bonds is 10. The number of benzene rings is 1. The largest absolute Gasteiger partial charge is 0.462 e. The first-order valence-corrected chi connectivity index (χ1v) is 22.7. The first-order chi connectivity index (χ1) is 28.9. The van der Waals surface area contributed by atoms with Crippen molar-refractivity contribution in [3.8, 4) is 0 Å². The summed E-state index contributed by atoms with van der Waals surface area (Å²) < 4.78 is 64.7. The maximum absolute atomic E-state index is 15.1. The number of hydrogen-bond acceptors (Lipinski definition) is 12.